The Hall–Kier alpha value is -1.68. The van der Waals surface area contributed by atoms with Crippen LogP contribution in [0.4, 0.5) is 11.4 Å². The maximum absolute atomic E-state index is 11.6. The molecule has 0 bridgehead atoms. The Labute approximate surface area is 105 Å². The molecule has 17 heavy (non-hydrogen) atoms. The second-order valence-corrected chi connectivity index (χ2v) is 3.98. The van der Waals surface area contributed by atoms with Crippen LogP contribution in [0.2, 0.25) is 0 Å². The number of para-hydroxylation sites is 1. The van der Waals surface area contributed by atoms with Gasteiger partial charge in [0.1, 0.15) is 0 Å². The number of fused-ring (bicyclic) bond motifs is 1. The van der Waals surface area contributed by atoms with E-state index in [1.165, 1.54) is 4.42 Å². The highest BCUT2D eigenvalue weighted by Gasteiger charge is 2.25. The number of ether oxygens (including phenoxy) is 1. The van der Waals surface area contributed by atoms with Crippen molar-refractivity contribution < 1.29 is 9.53 Å². The van der Waals surface area contributed by atoms with Crippen LogP contribution in [0.3, 0.4) is 0 Å². The van der Waals surface area contributed by atoms with Gasteiger partial charge in [-0.2, -0.15) is 0 Å². The zero-order valence-corrected chi connectivity index (χ0v) is 10.4. The fourth-order valence-electron chi connectivity index (χ4n) is 1.67. The van der Waals surface area contributed by atoms with E-state index in [-0.39, 0.29) is 5.70 Å². The molecule has 1 aliphatic heterocycles. The molecule has 0 unspecified atom stereocenters. The molecule has 0 atom stereocenters. The van der Waals surface area contributed by atoms with E-state index in [1.807, 2.05) is 25.1 Å². The average molecular weight is 253 g/mol. The summed E-state index contributed by atoms with van der Waals surface area (Å²) in [7, 11) is 0. The van der Waals surface area contributed by atoms with Crippen molar-refractivity contribution in [3.8, 4) is 0 Å². The summed E-state index contributed by atoms with van der Waals surface area (Å²) in [6.45, 7) is 4.05. The third-order valence-corrected chi connectivity index (χ3v) is 2.88. The van der Waals surface area contributed by atoms with Crippen LogP contribution in [0.1, 0.15) is 12.5 Å². The van der Waals surface area contributed by atoms with Crippen LogP contribution in [0.25, 0.3) is 0 Å². The Balaban J connectivity index is 2.34. The summed E-state index contributed by atoms with van der Waals surface area (Å²) in [5.41, 5.74) is 2.99. The molecule has 5 heteroatoms. The molecule has 1 heterocycles. The molecule has 2 rings (SSSR count). The summed E-state index contributed by atoms with van der Waals surface area (Å²) in [5, 5.41) is 3.06. The highest BCUT2D eigenvalue weighted by Crippen LogP contribution is 2.36. The van der Waals surface area contributed by atoms with Gasteiger partial charge in [0.25, 0.3) is 0 Å². The number of rotatable bonds is 2. The smallest absolute Gasteiger partial charge is 0.357 e. The Morgan fingerprint density at radius 3 is 3.00 bits per heavy atom. The van der Waals surface area contributed by atoms with Crippen LogP contribution in [-0.2, 0) is 9.53 Å². The molecule has 1 aliphatic rings. The number of esters is 1. The van der Waals surface area contributed by atoms with Crippen LogP contribution in [-0.4, -0.2) is 12.6 Å². The summed E-state index contributed by atoms with van der Waals surface area (Å²) < 4.78 is 6.24. The molecule has 1 N–H and O–H groups in total. The number of benzene rings is 1. The normalized spacial score (nSPS) is 13.6. The first-order valence-corrected chi connectivity index (χ1v) is 5.68. The van der Waals surface area contributed by atoms with Crippen LogP contribution in [0.15, 0.2) is 30.1 Å². The molecular formula is C12H13ClN2O2. The lowest BCUT2D eigenvalue weighted by atomic mass is 10.1. The van der Waals surface area contributed by atoms with Gasteiger partial charge >= 0.3 is 5.97 Å². The molecule has 0 fully saturated rings. The standard InChI is InChI=1S/C12H13ClN2O2/c1-3-17-12(16)10-7-14-11-8(2)5-4-6-9(11)15(10)13/h4-7,14H,3H2,1-2H3. The SMILES string of the molecule is CCOC(=O)C1=CNc2c(C)cccc2N1Cl. The van der Waals surface area contributed by atoms with Gasteiger partial charge in [0, 0.05) is 18.0 Å². The minimum atomic E-state index is -0.442. The molecular weight excluding hydrogens is 240 g/mol. The van der Waals surface area contributed by atoms with E-state index in [9.17, 15) is 4.79 Å². The fraction of sp³-hybridized carbons (Fsp3) is 0.250. The molecule has 1 aromatic carbocycles. The number of aryl methyl sites for hydroxylation is 1. The quantitative estimate of drug-likeness (QED) is 0.649. The Morgan fingerprint density at radius 1 is 1.53 bits per heavy atom. The third-order valence-electron chi connectivity index (χ3n) is 2.51. The van der Waals surface area contributed by atoms with Crippen LogP contribution in [0.5, 0.6) is 0 Å². The van der Waals surface area contributed by atoms with E-state index in [0.29, 0.717) is 6.61 Å². The summed E-state index contributed by atoms with van der Waals surface area (Å²) >= 11 is 6.14. The first kappa shape index (κ1) is 11.8. The van der Waals surface area contributed by atoms with Gasteiger partial charge in [-0.25, -0.2) is 9.21 Å². The second kappa shape index (κ2) is 4.67. The predicted octanol–water partition coefficient (Wildman–Crippen LogP) is 2.79. The summed E-state index contributed by atoms with van der Waals surface area (Å²) in [4.78, 5) is 11.6. The lowest BCUT2D eigenvalue weighted by Gasteiger charge is -2.26. The summed E-state index contributed by atoms with van der Waals surface area (Å²) in [6.07, 6.45) is 1.56. The first-order chi connectivity index (χ1) is 8.15. The van der Waals surface area contributed by atoms with Gasteiger partial charge in [-0.15, -0.1) is 0 Å². The molecule has 0 spiro atoms. The van der Waals surface area contributed by atoms with Crippen molar-refractivity contribution >= 4 is 29.1 Å². The molecule has 0 amide bonds. The maximum Gasteiger partial charge on any atom is 0.357 e. The third kappa shape index (κ3) is 2.08. The van der Waals surface area contributed by atoms with Gasteiger partial charge < -0.3 is 10.1 Å². The molecule has 0 radical (unpaired) electrons. The topological polar surface area (TPSA) is 41.6 Å². The van der Waals surface area contributed by atoms with Crippen LogP contribution >= 0.6 is 11.8 Å². The highest BCUT2D eigenvalue weighted by molar-refractivity contribution is 6.31. The van der Waals surface area contributed by atoms with Gasteiger partial charge in [0.15, 0.2) is 5.70 Å². The minimum Gasteiger partial charge on any atom is -0.461 e. The van der Waals surface area contributed by atoms with E-state index in [4.69, 9.17) is 16.5 Å². The zero-order chi connectivity index (χ0) is 12.4. The second-order valence-electron chi connectivity index (χ2n) is 3.64. The van der Waals surface area contributed by atoms with Gasteiger partial charge in [0.2, 0.25) is 0 Å². The summed E-state index contributed by atoms with van der Waals surface area (Å²) in [6, 6.07) is 5.70. The zero-order valence-electron chi connectivity index (χ0n) is 9.66. The number of hydrogen-bond acceptors (Lipinski definition) is 4. The monoisotopic (exact) mass is 252 g/mol. The molecule has 90 valence electrons. The van der Waals surface area contributed by atoms with Crippen molar-refractivity contribution in [2.75, 3.05) is 16.3 Å². The average Bonchev–Trinajstić information content (AvgIpc) is 2.31. The van der Waals surface area contributed by atoms with Crippen molar-refractivity contribution in [1.82, 2.24) is 0 Å². The Kier molecular flexibility index (Phi) is 3.24. The van der Waals surface area contributed by atoms with Crippen molar-refractivity contribution in [2.45, 2.75) is 13.8 Å². The van der Waals surface area contributed by atoms with E-state index in [1.54, 1.807) is 13.1 Å². The molecule has 0 saturated carbocycles. The van der Waals surface area contributed by atoms with Crippen molar-refractivity contribution in [2.24, 2.45) is 0 Å². The molecule has 0 aromatic heterocycles. The number of nitrogens with zero attached hydrogens (tertiary/aromatic N) is 1. The lowest BCUT2D eigenvalue weighted by molar-refractivity contribution is -0.138. The molecule has 0 saturated heterocycles. The minimum absolute atomic E-state index is 0.284. The summed E-state index contributed by atoms with van der Waals surface area (Å²) in [5.74, 6) is -0.442. The van der Waals surface area contributed by atoms with Gasteiger partial charge in [-0.3, -0.25) is 0 Å². The first-order valence-electron chi connectivity index (χ1n) is 5.34. The highest BCUT2D eigenvalue weighted by atomic mass is 35.5. The maximum atomic E-state index is 11.6. The van der Waals surface area contributed by atoms with E-state index < -0.39 is 5.97 Å². The molecule has 4 nitrogen and oxygen atoms in total. The van der Waals surface area contributed by atoms with Gasteiger partial charge in [-0.1, -0.05) is 12.1 Å². The van der Waals surface area contributed by atoms with Gasteiger partial charge in [0.05, 0.1) is 18.0 Å². The molecule has 1 aromatic rings. The Bertz CT molecular complexity index is 485. The largest absolute Gasteiger partial charge is 0.461 e. The molecule has 0 aliphatic carbocycles. The van der Waals surface area contributed by atoms with Crippen molar-refractivity contribution in [3.63, 3.8) is 0 Å². The van der Waals surface area contributed by atoms with E-state index in [2.05, 4.69) is 5.32 Å². The van der Waals surface area contributed by atoms with E-state index >= 15 is 0 Å². The van der Waals surface area contributed by atoms with Crippen LogP contribution < -0.4 is 9.74 Å². The number of carbonyl (C=O) groups excluding carboxylic acids is 1. The van der Waals surface area contributed by atoms with Gasteiger partial charge in [-0.05, 0) is 25.5 Å². The van der Waals surface area contributed by atoms with Crippen LogP contribution in [0, 0.1) is 6.92 Å². The van der Waals surface area contributed by atoms with Crippen molar-refractivity contribution in [1.29, 1.82) is 0 Å². The fourth-order valence-corrected chi connectivity index (χ4v) is 1.93. The number of hydrogen-bond donors (Lipinski definition) is 1. The predicted molar refractivity (Wildman–Crippen MR) is 67.8 cm³/mol. The van der Waals surface area contributed by atoms with Crippen molar-refractivity contribution in [3.05, 3.63) is 35.7 Å². The number of carbonyl (C=O) groups is 1. The Morgan fingerprint density at radius 2 is 2.29 bits per heavy atom. The lowest BCUT2D eigenvalue weighted by Crippen LogP contribution is -2.25. The number of anilines is 2. The number of halogens is 1. The number of nitrogens with one attached hydrogen (secondary N) is 1. The van der Waals surface area contributed by atoms with E-state index in [0.717, 1.165) is 16.9 Å².